The van der Waals surface area contributed by atoms with E-state index in [1.807, 2.05) is 13.8 Å². The summed E-state index contributed by atoms with van der Waals surface area (Å²) in [6.45, 7) is 6.12. The summed E-state index contributed by atoms with van der Waals surface area (Å²) >= 11 is 7.56. The van der Waals surface area contributed by atoms with Crippen molar-refractivity contribution in [1.29, 1.82) is 0 Å². The lowest BCUT2D eigenvalue weighted by Crippen LogP contribution is -2.10. The molecule has 0 bridgehead atoms. The van der Waals surface area contributed by atoms with E-state index in [-0.39, 0.29) is 10.3 Å². The Morgan fingerprint density at radius 2 is 1.86 bits per heavy atom. The number of nitrogens with zero attached hydrogens (tertiary/aromatic N) is 3. The van der Waals surface area contributed by atoms with Crippen LogP contribution in [-0.2, 0) is 16.4 Å². The van der Waals surface area contributed by atoms with E-state index in [4.69, 9.17) is 11.6 Å². The van der Waals surface area contributed by atoms with Crippen molar-refractivity contribution >= 4 is 38.6 Å². The molecule has 0 amide bonds. The van der Waals surface area contributed by atoms with Crippen LogP contribution in [0.4, 0.5) is 5.82 Å². The average molecular weight is 347 g/mol. The van der Waals surface area contributed by atoms with Gasteiger partial charge in [0.05, 0.1) is 17.2 Å². The van der Waals surface area contributed by atoms with Crippen molar-refractivity contribution in [3.05, 3.63) is 26.3 Å². The minimum atomic E-state index is -3.51. The Kier molecular flexibility index (Phi) is 4.50. The fourth-order valence-electron chi connectivity index (χ4n) is 1.71. The van der Waals surface area contributed by atoms with Crippen molar-refractivity contribution in [2.24, 2.45) is 0 Å². The van der Waals surface area contributed by atoms with Gasteiger partial charge < -0.3 is 5.32 Å². The molecule has 0 aliphatic carbocycles. The first-order valence-corrected chi connectivity index (χ1v) is 9.18. The molecule has 0 fully saturated rings. The van der Waals surface area contributed by atoms with Crippen molar-refractivity contribution in [3.63, 3.8) is 0 Å². The van der Waals surface area contributed by atoms with Gasteiger partial charge in [-0.2, -0.15) is 0 Å². The van der Waals surface area contributed by atoms with Crippen LogP contribution in [0, 0.1) is 20.8 Å². The molecule has 0 atom stereocenters. The highest BCUT2D eigenvalue weighted by molar-refractivity contribution is 7.90. The van der Waals surface area contributed by atoms with E-state index in [1.165, 1.54) is 0 Å². The molecule has 0 saturated heterocycles. The van der Waals surface area contributed by atoms with Crippen LogP contribution in [-0.4, -0.2) is 29.6 Å². The summed E-state index contributed by atoms with van der Waals surface area (Å²) < 4.78 is 23.1. The summed E-state index contributed by atoms with van der Waals surface area (Å²) in [6.07, 6.45) is 1.05. The first kappa shape index (κ1) is 16.1. The molecule has 114 valence electrons. The van der Waals surface area contributed by atoms with Crippen molar-refractivity contribution in [2.45, 2.75) is 32.5 Å². The highest BCUT2D eigenvalue weighted by Gasteiger charge is 2.17. The number of halogens is 1. The molecule has 0 unspecified atom stereocenters. The Morgan fingerprint density at radius 3 is 2.38 bits per heavy atom. The zero-order chi connectivity index (χ0) is 15.8. The molecule has 0 saturated carbocycles. The van der Waals surface area contributed by atoms with E-state index in [0.717, 1.165) is 21.8 Å². The second-order valence-corrected chi connectivity index (χ2v) is 8.19. The van der Waals surface area contributed by atoms with Gasteiger partial charge in [0.2, 0.25) is 15.0 Å². The molecule has 0 spiro atoms. The van der Waals surface area contributed by atoms with Crippen molar-refractivity contribution in [1.82, 2.24) is 15.0 Å². The van der Waals surface area contributed by atoms with Gasteiger partial charge in [-0.05, 0) is 20.8 Å². The van der Waals surface area contributed by atoms with E-state index in [2.05, 4.69) is 20.3 Å². The van der Waals surface area contributed by atoms with Crippen LogP contribution in [0.25, 0.3) is 0 Å². The molecule has 0 aliphatic heterocycles. The van der Waals surface area contributed by atoms with Gasteiger partial charge in [-0.25, -0.2) is 23.4 Å². The second-order valence-electron chi connectivity index (χ2n) is 4.64. The van der Waals surface area contributed by atoms with Gasteiger partial charge in [-0.1, -0.05) is 11.6 Å². The summed E-state index contributed by atoms with van der Waals surface area (Å²) in [5.74, 6) is 0.417. The average Bonchev–Trinajstić information content (AvgIpc) is 2.68. The minimum Gasteiger partial charge on any atom is -0.365 e. The number of rotatable bonds is 4. The highest BCUT2D eigenvalue weighted by atomic mass is 35.5. The van der Waals surface area contributed by atoms with Crippen LogP contribution >= 0.6 is 22.9 Å². The smallest absolute Gasteiger partial charge is 0.250 e. The zero-order valence-corrected chi connectivity index (χ0v) is 14.4. The van der Waals surface area contributed by atoms with Gasteiger partial charge in [0.15, 0.2) is 0 Å². The van der Waals surface area contributed by atoms with Crippen LogP contribution in [0.5, 0.6) is 0 Å². The maximum absolute atomic E-state index is 11.6. The Morgan fingerprint density at radius 1 is 1.19 bits per heavy atom. The number of anilines is 1. The van der Waals surface area contributed by atoms with Crippen molar-refractivity contribution in [2.75, 3.05) is 11.6 Å². The molecule has 21 heavy (non-hydrogen) atoms. The Hall–Kier alpha value is -1.25. The van der Waals surface area contributed by atoms with E-state index in [0.29, 0.717) is 17.9 Å². The van der Waals surface area contributed by atoms with Gasteiger partial charge in [0.1, 0.15) is 11.0 Å². The third-order valence-electron chi connectivity index (χ3n) is 2.81. The van der Waals surface area contributed by atoms with Crippen molar-refractivity contribution < 1.29 is 8.42 Å². The largest absolute Gasteiger partial charge is 0.365 e. The molecule has 2 rings (SSSR count). The lowest BCUT2D eigenvalue weighted by Gasteiger charge is -2.10. The lowest BCUT2D eigenvalue weighted by molar-refractivity contribution is 0.593. The van der Waals surface area contributed by atoms with E-state index < -0.39 is 9.84 Å². The minimum absolute atomic E-state index is 0.130. The molecule has 2 aromatic rings. The molecule has 2 heterocycles. The van der Waals surface area contributed by atoms with Gasteiger partial charge in [0.25, 0.3) is 0 Å². The summed E-state index contributed by atoms with van der Waals surface area (Å²) in [6, 6.07) is 0. The standard InChI is InChI=1S/C12H15ClN4O2S2/c1-6-10(13)16-12(21(4,18)19)17-11(6)14-5-9-7(2)15-8(3)20-9/h5H2,1-4H3,(H,14,16,17). The molecule has 0 radical (unpaired) electrons. The summed E-state index contributed by atoms with van der Waals surface area (Å²) in [5.41, 5.74) is 1.56. The maximum atomic E-state index is 11.6. The van der Waals surface area contributed by atoms with Gasteiger partial charge in [-0.15, -0.1) is 11.3 Å². The number of thiazole rings is 1. The SMILES string of the molecule is Cc1nc(C)c(CNc2nc(S(C)(=O)=O)nc(Cl)c2C)s1. The fourth-order valence-corrected chi connectivity index (χ4v) is 3.32. The summed E-state index contributed by atoms with van der Waals surface area (Å²) in [4.78, 5) is 13.3. The molecular weight excluding hydrogens is 332 g/mol. The number of aryl methyl sites for hydroxylation is 2. The van der Waals surface area contributed by atoms with Crippen molar-refractivity contribution in [3.8, 4) is 0 Å². The normalized spacial score (nSPS) is 11.7. The van der Waals surface area contributed by atoms with Crippen LogP contribution < -0.4 is 5.32 Å². The Bertz CT molecular complexity index is 787. The maximum Gasteiger partial charge on any atom is 0.250 e. The predicted molar refractivity (Wildman–Crippen MR) is 83.8 cm³/mol. The molecular formula is C12H15ClN4O2S2. The van der Waals surface area contributed by atoms with Crippen LogP contribution in [0.15, 0.2) is 5.16 Å². The van der Waals surface area contributed by atoms with Crippen LogP contribution in [0.2, 0.25) is 5.15 Å². The molecule has 1 N–H and O–H groups in total. The topological polar surface area (TPSA) is 84.8 Å². The fraction of sp³-hybridized carbons (Fsp3) is 0.417. The number of hydrogen-bond acceptors (Lipinski definition) is 7. The van der Waals surface area contributed by atoms with E-state index in [1.54, 1.807) is 18.3 Å². The van der Waals surface area contributed by atoms with Gasteiger partial charge in [0, 0.05) is 16.7 Å². The first-order valence-electron chi connectivity index (χ1n) is 6.09. The molecule has 9 heteroatoms. The second kappa shape index (κ2) is 5.86. The van der Waals surface area contributed by atoms with E-state index in [9.17, 15) is 8.42 Å². The number of sulfone groups is 1. The van der Waals surface area contributed by atoms with Crippen LogP contribution in [0.1, 0.15) is 21.1 Å². The third-order valence-corrected chi connectivity index (χ3v) is 5.10. The Labute approximate surface area is 132 Å². The van der Waals surface area contributed by atoms with Gasteiger partial charge in [-0.3, -0.25) is 0 Å². The zero-order valence-electron chi connectivity index (χ0n) is 12.1. The lowest BCUT2D eigenvalue weighted by atomic mass is 10.3. The monoisotopic (exact) mass is 346 g/mol. The first-order chi connectivity index (χ1) is 9.68. The Balaban J connectivity index is 2.31. The van der Waals surface area contributed by atoms with Gasteiger partial charge >= 0.3 is 0 Å². The van der Waals surface area contributed by atoms with E-state index >= 15 is 0 Å². The van der Waals surface area contributed by atoms with Crippen LogP contribution in [0.3, 0.4) is 0 Å². The number of aromatic nitrogens is 3. The predicted octanol–water partition coefficient (Wildman–Crippen LogP) is 2.53. The molecule has 2 aromatic heterocycles. The molecule has 0 aromatic carbocycles. The number of hydrogen-bond donors (Lipinski definition) is 1. The highest BCUT2D eigenvalue weighted by Crippen LogP contribution is 2.24. The molecule has 0 aliphatic rings. The summed E-state index contributed by atoms with van der Waals surface area (Å²) in [5, 5.41) is 3.94. The quantitative estimate of drug-likeness (QED) is 0.676. The summed E-state index contributed by atoms with van der Waals surface area (Å²) in [7, 11) is -3.51. The third kappa shape index (κ3) is 3.69. The molecule has 6 nitrogen and oxygen atoms in total. The number of nitrogens with one attached hydrogen (secondary N) is 1.